The Morgan fingerprint density at radius 2 is 1.86 bits per heavy atom. The van der Waals surface area contributed by atoms with E-state index in [-0.39, 0.29) is 17.2 Å². The maximum absolute atomic E-state index is 12.7. The predicted octanol–water partition coefficient (Wildman–Crippen LogP) is 2.44. The zero-order valence-corrected chi connectivity index (χ0v) is 17.2. The van der Waals surface area contributed by atoms with Crippen LogP contribution in [0.15, 0.2) is 52.7 Å². The second kappa shape index (κ2) is 7.36. The van der Waals surface area contributed by atoms with Gasteiger partial charge < -0.3 is 4.57 Å². The summed E-state index contributed by atoms with van der Waals surface area (Å²) in [6.45, 7) is 5.04. The van der Waals surface area contributed by atoms with Gasteiger partial charge in [-0.3, -0.25) is 13.9 Å². The molecule has 0 aliphatic rings. The van der Waals surface area contributed by atoms with Gasteiger partial charge in [0.25, 0.3) is 5.56 Å². The first kappa shape index (κ1) is 19.2. The van der Waals surface area contributed by atoms with E-state index in [1.54, 1.807) is 26.3 Å². The van der Waals surface area contributed by atoms with Crippen LogP contribution in [-0.4, -0.2) is 28.5 Å². The van der Waals surface area contributed by atoms with E-state index in [1.165, 1.54) is 13.4 Å². The second-order valence-electron chi connectivity index (χ2n) is 7.47. The number of rotatable bonds is 5. The zero-order chi connectivity index (χ0) is 20.7. The molecule has 0 amide bonds. The molecule has 0 saturated carbocycles. The highest BCUT2D eigenvalue weighted by atomic mass is 35.5. The smallest absolute Gasteiger partial charge is 0.331 e. The van der Waals surface area contributed by atoms with Crippen molar-refractivity contribution < 1.29 is 0 Å². The van der Waals surface area contributed by atoms with E-state index >= 15 is 0 Å². The molecule has 0 atom stereocenters. The molecule has 150 valence electrons. The van der Waals surface area contributed by atoms with Crippen LogP contribution in [0.25, 0.3) is 16.6 Å². The average Bonchev–Trinajstić information content (AvgIpc) is 3.33. The Kier molecular flexibility index (Phi) is 4.87. The van der Waals surface area contributed by atoms with Gasteiger partial charge in [0.1, 0.15) is 23.2 Å². The van der Waals surface area contributed by atoms with Crippen LogP contribution in [0.2, 0.25) is 5.15 Å². The number of aromatic nitrogens is 6. The lowest BCUT2D eigenvalue weighted by Crippen LogP contribution is -2.38. The summed E-state index contributed by atoms with van der Waals surface area (Å²) < 4.78 is 6.22. The molecule has 0 spiro atoms. The summed E-state index contributed by atoms with van der Waals surface area (Å²) in [7, 11) is 1.48. The van der Waals surface area contributed by atoms with Gasteiger partial charge in [0, 0.05) is 26.3 Å². The largest absolute Gasteiger partial charge is 0.332 e. The Hall–Kier alpha value is -3.13. The van der Waals surface area contributed by atoms with Crippen molar-refractivity contribution in [1.82, 2.24) is 28.5 Å². The first-order chi connectivity index (χ1) is 13.9. The maximum Gasteiger partial charge on any atom is 0.331 e. The molecule has 0 N–H and O–H groups in total. The van der Waals surface area contributed by atoms with Crippen LogP contribution in [0.5, 0.6) is 0 Å². The molecule has 0 aliphatic carbocycles. The molecule has 0 aliphatic heterocycles. The molecule has 0 radical (unpaired) electrons. The van der Waals surface area contributed by atoms with Crippen LogP contribution < -0.4 is 11.2 Å². The molecular weight excluding hydrogens is 392 g/mol. The lowest BCUT2D eigenvalue weighted by atomic mass is 10.2. The minimum absolute atomic E-state index is 0.250. The zero-order valence-electron chi connectivity index (χ0n) is 16.4. The standard InChI is InChI=1S/C20H21ClN6O2/c1-13(2)8-26-16-10-25(18(21)17(16)19(28)24(3)20(26)29)9-14-4-6-15(7-5-14)27-12-22-11-23-27/h4-7,10-13H,8-9H2,1-3H3. The minimum atomic E-state index is -0.379. The van der Waals surface area contributed by atoms with E-state index in [9.17, 15) is 9.59 Å². The highest BCUT2D eigenvalue weighted by Gasteiger charge is 2.18. The predicted molar refractivity (Wildman–Crippen MR) is 112 cm³/mol. The number of benzene rings is 1. The Bertz CT molecular complexity index is 1280. The van der Waals surface area contributed by atoms with Gasteiger partial charge >= 0.3 is 5.69 Å². The Morgan fingerprint density at radius 1 is 1.14 bits per heavy atom. The molecule has 3 aromatic heterocycles. The molecule has 8 nitrogen and oxygen atoms in total. The summed E-state index contributed by atoms with van der Waals surface area (Å²) >= 11 is 6.57. The van der Waals surface area contributed by atoms with Crippen LogP contribution in [-0.2, 0) is 20.1 Å². The van der Waals surface area contributed by atoms with Gasteiger partial charge in [0.15, 0.2) is 0 Å². The first-order valence-electron chi connectivity index (χ1n) is 9.29. The fraction of sp³-hybridized carbons (Fsp3) is 0.300. The summed E-state index contributed by atoms with van der Waals surface area (Å²) in [6.07, 6.45) is 4.90. The SMILES string of the molecule is CC(C)Cn1c(=O)n(C)c(=O)c2c(Cl)n(Cc3ccc(-n4cncn4)cc3)cc21. The third kappa shape index (κ3) is 3.40. The fourth-order valence-electron chi connectivity index (χ4n) is 3.41. The molecule has 0 bridgehead atoms. The number of halogens is 1. The Morgan fingerprint density at radius 3 is 2.48 bits per heavy atom. The molecule has 0 fully saturated rings. The van der Waals surface area contributed by atoms with E-state index in [1.807, 2.05) is 38.1 Å². The van der Waals surface area contributed by atoms with Crippen LogP contribution in [0.1, 0.15) is 19.4 Å². The normalized spacial score (nSPS) is 11.6. The van der Waals surface area contributed by atoms with Gasteiger partial charge in [0.2, 0.25) is 0 Å². The van der Waals surface area contributed by atoms with Crippen LogP contribution in [0.4, 0.5) is 0 Å². The highest BCUT2D eigenvalue weighted by Crippen LogP contribution is 2.24. The van der Waals surface area contributed by atoms with Crippen molar-refractivity contribution in [2.45, 2.75) is 26.9 Å². The van der Waals surface area contributed by atoms with Crippen molar-refractivity contribution in [2.24, 2.45) is 13.0 Å². The van der Waals surface area contributed by atoms with Crippen molar-refractivity contribution in [1.29, 1.82) is 0 Å². The summed E-state index contributed by atoms with van der Waals surface area (Å²) in [4.78, 5) is 29.3. The Balaban J connectivity index is 1.77. The highest BCUT2D eigenvalue weighted by molar-refractivity contribution is 6.34. The monoisotopic (exact) mass is 412 g/mol. The third-order valence-electron chi connectivity index (χ3n) is 4.84. The van der Waals surface area contributed by atoms with Crippen molar-refractivity contribution in [3.63, 3.8) is 0 Å². The van der Waals surface area contributed by atoms with Gasteiger partial charge in [0.05, 0.1) is 11.2 Å². The third-order valence-corrected chi connectivity index (χ3v) is 5.25. The van der Waals surface area contributed by atoms with E-state index < -0.39 is 0 Å². The minimum Gasteiger partial charge on any atom is -0.332 e. The molecule has 1 aromatic carbocycles. The average molecular weight is 413 g/mol. The van der Waals surface area contributed by atoms with Gasteiger partial charge in [-0.25, -0.2) is 14.5 Å². The number of hydrogen-bond donors (Lipinski definition) is 0. The van der Waals surface area contributed by atoms with Gasteiger partial charge in [-0.2, -0.15) is 5.10 Å². The summed E-state index contributed by atoms with van der Waals surface area (Å²) in [6, 6.07) is 7.82. The first-order valence-corrected chi connectivity index (χ1v) is 9.66. The quantitative estimate of drug-likeness (QED) is 0.504. The number of nitrogens with zero attached hydrogens (tertiary/aromatic N) is 6. The van der Waals surface area contributed by atoms with E-state index in [0.717, 1.165) is 15.8 Å². The maximum atomic E-state index is 12.7. The molecule has 9 heteroatoms. The lowest BCUT2D eigenvalue weighted by Gasteiger charge is -2.11. The molecule has 3 heterocycles. The molecule has 0 saturated heterocycles. The number of hydrogen-bond acceptors (Lipinski definition) is 4. The molecule has 4 aromatic rings. The molecule has 0 unspecified atom stereocenters. The Labute approximate surface area is 171 Å². The van der Waals surface area contributed by atoms with E-state index in [2.05, 4.69) is 10.1 Å². The van der Waals surface area contributed by atoms with E-state index in [0.29, 0.717) is 29.1 Å². The fourth-order valence-corrected chi connectivity index (χ4v) is 3.69. The van der Waals surface area contributed by atoms with Crippen molar-refractivity contribution >= 4 is 22.5 Å². The molecule has 29 heavy (non-hydrogen) atoms. The summed E-state index contributed by atoms with van der Waals surface area (Å²) in [5.74, 6) is 0.250. The van der Waals surface area contributed by atoms with E-state index in [4.69, 9.17) is 11.6 Å². The lowest BCUT2D eigenvalue weighted by molar-refractivity contribution is 0.502. The number of fused-ring (bicyclic) bond motifs is 1. The van der Waals surface area contributed by atoms with Gasteiger partial charge in [-0.15, -0.1) is 0 Å². The van der Waals surface area contributed by atoms with Crippen molar-refractivity contribution in [3.8, 4) is 5.69 Å². The van der Waals surface area contributed by atoms with Gasteiger partial charge in [-0.1, -0.05) is 37.6 Å². The molecule has 4 rings (SSSR count). The van der Waals surface area contributed by atoms with Crippen LogP contribution in [0, 0.1) is 5.92 Å². The van der Waals surface area contributed by atoms with Crippen LogP contribution >= 0.6 is 11.6 Å². The summed E-state index contributed by atoms with van der Waals surface area (Å²) in [5, 5.41) is 4.81. The van der Waals surface area contributed by atoms with Gasteiger partial charge in [-0.05, 0) is 23.6 Å². The van der Waals surface area contributed by atoms with Crippen LogP contribution in [0.3, 0.4) is 0 Å². The second-order valence-corrected chi connectivity index (χ2v) is 7.82. The summed E-state index contributed by atoms with van der Waals surface area (Å²) in [5.41, 5.74) is 1.76. The topological polar surface area (TPSA) is 79.6 Å². The molecular formula is C20H21ClN6O2. The van der Waals surface area contributed by atoms with Crippen molar-refractivity contribution in [2.75, 3.05) is 0 Å². The van der Waals surface area contributed by atoms with Crippen molar-refractivity contribution in [3.05, 3.63) is 74.7 Å².